The van der Waals surface area contributed by atoms with Crippen LogP contribution in [0, 0.1) is 6.92 Å². The smallest absolute Gasteiger partial charge is 0.262 e. The van der Waals surface area contributed by atoms with E-state index < -0.39 is 30.8 Å². The molecule has 0 bridgehead atoms. The molecule has 0 aliphatic carbocycles. The van der Waals surface area contributed by atoms with E-state index in [1.807, 2.05) is 44.2 Å². The van der Waals surface area contributed by atoms with Crippen molar-refractivity contribution in [2.24, 2.45) is 0 Å². The molecule has 1 saturated heterocycles. The Morgan fingerprint density at radius 3 is 2.68 bits per heavy atom. The number of nitrogens with one attached hydrogen (secondary N) is 2. The molecule has 1 aromatic carbocycles. The van der Waals surface area contributed by atoms with Gasteiger partial charge in [0.05, 0.1) is 29.2 Å². The standard InChI is InChI=1S/C17H19F2N3OS.ClH/c1-10(21-15(23)13-8-17(18,19)9-20-13)14-11(2)22-16(24-14)12-6-4-3-5-7-12;/h3-7,10,13,20H,8-9H2,1-2H3,(H,21,23);1H. The number of aryl methyl sites for hydroxylation is 1. The van der Waals surface area contributed by atoms with Gasteiger partial charge in [-0.2, -0.15) is 0 Å². The molecule has 1 aromatic heterocycles. The molecule has 4 nitrogen and oxygen atoms in total. The van der Waals surface area contributed by atoms with E-state index in [4.69, 9.17) is 0 Å². The maximum absolute atomic E-state index is 13.2. The van der Waals surface area contributed by atoms with Crippen LogP contribution in [0.2, 0.25) is 0 Å². The molecule has 136 valence electrons. The molecule has 0 spiro atoms. The Labute approximate surface area is 155 Å². The van der Waals surface area contributed by atoms with Crippen molar-refractivity contribution in [1.82, 2.24) is 15.6 Å². The predicted molar refractivity (Wildman–Crippen MR) is 97.4 cm³/mol. The lowest BCUT2D eigenvalue weighted by Crippen LogP contribution is -2.41. The topological polar surface area (TPSA) is 54.0 Å². The highest BCUT2D eigenvalue weighted by Crippen LogP contribution is 2.32. The van der Waals surface area contributed by atoms with Crippen molar-refractivity contribution in [2.75, 3.05) is 6.54 Å². The molecule has 8 heteroatoms. The van der Waals surface area contributed by atoms with Crippen molar-refractivity contribution in [1.29, 1.82) is 0 Å². The van der Waals surface area contributed by atoms with Gasteiger partial charge in [-0.15, -0.1) is 23.7 Å². The van der Waals surface area contributed by atoms with Crippen LogP contribution in [0.1, 0.15) is 30.0 Å². The maximum Gasteiger partial charge on any atom is 0.262 e. The van der Waals surface area contributed by atoms with Gasteiger partial charge in [0, 0.05) is 12.0 Å². The Bertz CT molecular complexity index is 739. The number of benzene rings is 1. The Kier molecular flexibility index (Phi) is 6.13. The van der Waals surface area contributed by atoms with Crippen LogP contribution in [0.4, 0.5) is 8.78 Å². The lowest BCUT2D eigenvalue weighted by molar-refractivity contribution is -0.124. The summed E-state index contributed by atoms with van der Waals surface area (Å²) in [6, 6.07) is 8.68. The minimum absolute atomic E-state index is 0. The van der Waals surface area contributed by atoms with E-state index >= 15 is 0 Å². The van der Waals surface area contributed by atoms with E-state index in [0.29, 0.717) is 0 Å². The summed E-state index contributed by atoms with van der Waals surface area (Å²) in [6.07, 6.45) is -0.456. The van der Waals surface area contributed by atoms with Gasteiger partial charge >= 0.3 is 0 Å². The molecule has 1 fully saturated rings. The van der Waals surface area contributed by atoms with E-state index in [2.05, 4.69) is 15.6 Å². The third-order valence-corrected chi connectivity index (χ3v) is 5.42. The van der Waals surface area contributed by atoms with Gasteiger partial charge in [-0.1, -0.05) is 30.3 Å². The number of nitrogens with zero attached hydrogens (tertiary/aromatic N) is 1. The zero-order valence-corrected chi connectivity index (χ0v) is 15.5. The molecule has 25 heavy (non-hydrogen) atoms. The molecule has 2 atom stereocenters. The Morgan fingerprint density at radius 2 is 2.08 bits per heavy atom. The third kappa shape index (κ3) is 4.54. The Hall–Kier alpha value is -1.57. The lowest BCUT2D eigenvalue weighted by Gasteiger charge is -2.16. The molecule has 3 rings (SSSR count). The zero-order valence-electron chi connectivity index (χ0n) is 13.9. The second-order valence-corrected chi connectivity index (χ2v) is 7.09. The molecular weight excluding hydrogens is 368 g/mol. The molecule has 2 aromatic rings. The highest BCUT2D eigenvalue weighted by atomic mass is 35.5. The van der Waals surface area contributed by atoms with Gasteiger partial charge in [-0.25, -0.2) is 13.8 Å². The lowest BCUT2D eigenvalue weighted by atomic mass is 10.1. The Balaban J connectivity index is 0.00000225. The van der Waals surface area contributed by atoms with Gasteiger partial charge in [0.25, 0.3) is 5.92 Å². The molecule has 0 saturated carbocycles. The van der Waals surface area contributed by atoms with Crippen molar-refractivity contribution in [3.8, 4) is 10.6 Å². The second-order valence-electron chi connectivity index (χ2n) is 6.06. The van der Waals surface area contributed by atoms with Gasteiger partial charge in [0.2, 0.25) is 5.91 Å². The van der Waals surface area contributed by atoms with Crippen LogP contribution in [-0.4, -0.2) is 29.4 Å². The zero-order chi connectivity index (χ0) is 17.3. The fourth-order valence-electron chi connectivity index (χ4n) is 2.79. The highest BCUT2D eigenvalue weighted by Gasteiger charge is 2.42. The maximum atomic E-state index is 13.2. The highest BCUT2D eigenvalue weighted by molar-refractivity contribution is 7.15. The monoisotopic (exact) mass is 387 g/mol. The quantitative estimate of drug-likeness (QED) is 0.840. The molecule has 2 unspecified atom stereocenters. The summed E-state index contributed by atoms with van der Waals surface area (Å²) in [5.74, 6) is -3.21. The van der Waals surface area contributed by atoms with Crippen LogP contribution in [0.25, 0.3) is 10.6 Å². The van der Waals surface area contributed by atoms with Crippen molar-refractivity contribution < 1.29 is 13.6 Å². The first-order valence-corrected chi connectivity index (χ1v) is 8.62. The van der Waals surface area contributed by atoms with Crippen molar-refractivity contribution in [2.45, 2.75) is 38.3 Å². The molecule has 1 aliphatic rings. The molecular formula is C17H20ClF2N3OS. The van der Waals surface area contributed by atoms with Crippen LogP contribution < -0.4 is 10.6 Å². The van der Waals surface area contributed by atoms with Gasteiger partial charge in [-0.3, -0.25) is 10.1 Å². The number of aromatic nitrogens is 1. The van der Waals surface area contributed by atoms with E-state index in [9.17, 15) is 13.6 Å². The SMILES string of the molecule is Cc1nc(-c2ccccc2)sc1C(C)NC(=O)C1CC(F)(F)CN1.Cl. The minimum Gasteiger partial charge on any atom is -0.347 e. The van der Waals surface area contributed by atoms with Crippen LogP contribution >= 0.6 is 23.7 Å². The van der Waals surface area contributed by atoms with Gasteiger partial charge in [-0.05, 0) is 13.8 Å². The fraction of sp³-hybridized carbons (Fsp3) is 0.412. The number of hydrogen-bond donors (Lipinski definition) is 2. The summed E-state index contributed by atoms with van der Waals surface area (Å²) in [4.78, 5) is 17.7. The molecule has 0 radical (unpaired) electrons. The van der Waals surface area contributed by atoms with E-state index in [-0.39, 0.29) is 18.4 Å². The minimum atomic E-state index is -2.81. The van der Waals surface area contributed by atoms with Gasteiger partial charge in [0.1, 0.15) is 5.01 Å². The van der Waals surface area contributed by atoms with E-state index in [0.717, 1.165) is 21.1 Å². The van der Waals surface area contributed by atoms with Gasteiger partial charge in [0.15, 0.2) is 0 Å². The Morgan fingerprint density at radius 1 is 1.40 bits per heavy atom. The third-order valence-electron chi connectivity index (χ3n) is 4.03. The van der Waals surface area contributed by atoms with E-state index in [1.54, 1.807) is 0 Å². The fourth-order valence-corrected chi connectivity index (χ4v) is 3.87. The summed E-state index contributed by atoms with van der Waals surface area (Å²) in [7, 11) is 0. The van der Waals surface area contributed by atoms with Crippen LogP contribution in [0.5, 0.6) is 0 Å². The number of hydrogen-bond acceptors (Lipinski definition) is 4. The number of carbonyl (C=O) groups is 1. The average Bonchev–Trinajstić information content (AvgIpc) is 3.11. The van der Waals surface area contributed by atoms with Crippen LogP contribution in [0.3, 0.4) is 0 Å². The summed E-state index contributed by atoms with van der Waals surface area (Å²) < 4.78 is 26.4. The molecule has 1 amide bonds. The number of rotatable bonds is 4. The van der Waals surface area contributed by atoms with Crippen molar-refractivity contribution in [3.05, 3.63) is 40.9 Å². The summed E-state index contributed by atoms with van der Waals surface area (Å²) in [5.41, 5.74) is 1.86. The van der Waals surface area contributed by atoms with Crippen LogP contribution in [-0.2, 0) is 4.79 Å². The molecule has 2 N–H and O–H groups in total. The van der Waals surface area contributed by atoms with Crippen molar-refractivity contribution >= 4 is 29.7 Å². The second kappa shape index (κ2) is 7.76. The normalized spacial score (nSPS) is 19.9. The average molecular weight is 388 g/mol. The summed E-state index contributed by atoms with van der Waals surface area (Å²) >= 11 is 1.51. The number of amides is 1. The first kappa shape index (κ1) is 19.8. The number of halogens is 3. The summed E-state index contributed by atoms with van der Waals surface area (Å²) in [6.45, 7) is 3.29. The first-order valence-electron chi connectivity index (χ1n) is 7.80. The largest absolute Gasteiger partial charge is 0.347 e. The van der Waals surface area contributed by atoms with E-state index in [1.165, 1.54) is 11.3 Å². The number of carbonyl (C=O) groups excluding carboxylic acids is 1. The predicted octanol–water partition coefficient (Wildman–Crippen LogP) is 3.71. The van der Waals surface area contributed by atoms with Crippen LogP contribution in [0.15, 0.2) is 30.3 Å². The van der Waals surface area contributed by atoms with Crippen molar-refractivity contribution in [3.63, 3.8) is 0 Å². The first-order chi connectivity index (χ1) is 11.4. The summed E-state index contributed by atoms with van der Waals surface area (Å²) in [5, 5.41) is 6.28. The molecule has 2 heterocycles. The number of alkyl halides is 2. The number of thiazole rings is 1. The van der Waals surface area contributed by atoms with Gasteiger partial charge < -0.3 is 5.32 Å². The molecule has 1 aliphatic heterocycles.